The molecule has 0 bridgehead atoms. The lowest BCUT2D eigenvalue weighted by atomic mass is 9.47. The molecule has 5 rings (SSSR count). The van der Waals surface area contributed by atoms with Crippen molar-refractivity contribution >= 4 is 29.1 Å². The molecular formula is C27H35ClN2O2. The fourth-order valence-corrected chi connectivity index (χ4v) is 8.35. The number of nitrogens with one attached hydrogen (secondary N) is 1. The Hall–Kier alpha value is -1.81. The average Bonchev–Trinajstić information content (AvgIpc) is 3.09. The second-order valence-electron chi connectivity index (χ2n) is 11.2. The quantitative estimate of drug-likeness (QED) is 0.615. The number of hydrogen-bond acceptors (Lipinski definition) is 2. The van der Waals surface area contributed by atoms with E-state index >= 15 is 0 Å². The topological polar surface area (TPSA) is 49.4 Å². The Balaban J connectivity index is 1.32. The molecule has 0 aromatic heterocycles. The van der Waals surface area contributed by atoms with Gasteiger partial charge in [0, 0.05) is 24.9 Å². The number of nitrogens with zero attached hydrogens (tertiary/aromatic N) is 1. The van der Waals surface area contributed by atoms with E-state index in [1.54, 1.807) is 0 Å². The van der Waals surface area contributed by atoms with Gasteiger partial charge in [0.2, 0.25) is 11.8 Å². The van der Waals surface area contributed by atoms with Crippen LogP contribution in [-0.4, -0.2) is 29.8 Å². The van der Waals surface area contributed by atoms with Crippen LogP contribution in [0.3, 0.4) is 0 Å². The summed E-state index contributed by atoms with van der Waals surface area (Å²) in [5.41, 5.74) is 1.01. The first-order valence-corrected chi connectivity index (χ1v) is 12.6. The van der Waals surface area contributed by atoms with Crippen molar-refractivity contribution in [1.82, 2.24) is 4.90 Å². The van der Waals surface area contributed by atoms with Crippen LogP contribution in [0, 0.1) is 34.5 Å². The SMILES string of the molecule is CN1C(=O)C=C[C@]2(C)[C@H]3CC[C@]4(C)[C@@H](CC(=O)Nc5ccccc5Cl)CC[C@H]4[C@@H]3CC[C@@H]12. The summed E-state index contributed by atoms with van der Waals surface area (Å²) < 4.78 is 0. The van der Waals surface area contributed by atoms with Gasteiger partial charge in [-0.15, -0.1) is 0 Å². The molecule has 0 radical (unpaired) electrons. The minimum absolute atomic E-state index is 0.0758. The van der Waals surface area contributed by atoms with Crippen molar-refractivity contribution in [3.05, 3.63) is 41.4 Å². The molecule has 0 unspecified atom stereocenters. The van der Waals surface area contributed by atoms with Gasteiger partial charge in [0.25, 0.3) is 0 Å². The molecule has 3 fully saturated rings. The summed E-state index contributed by atoms with van der Waals surface area (Å²) >= 11 is 6.24. The zero-order valence-electron chi connectivity index (χ0n) is 19.4. The Morgan fingerprint density at radius 2 is 1.91 bits per heavy atom. The van der Waals surface area contributed by atoms with E-state index in [0.717, 1.165) is 12.8 Å². The van der Waals surface area contributed by atoms with Crippen LogP contribution in [0.4, 0.5) is 5.69 Å². The molecule has 3 aliphatic carbocycles. The highest BCUT2D eigenvalue weighted by Crippen LogP contribution is 2.66. The first kappa shape index (κ1) is 22.0. The zero-order chi connectivity index (χ0) is 22.7. The first-order chi connectivity index (χ1) is 15.2. The fraction of sp³-hybridized carbons (Fsp3) is 0.630. The van der Waals surface area contributed by atoms with Gasteiger partial charge < -0.3 is 10.2 Å². The summed E-state index contributed by atoms with van der Waals surface area (Å²) in [6.45, 7) is 4.84. The van der Waals surface area contributed by atoms with Gasteiger partial charge in [-0.1, -0.05) is 43.7 Å². The molecule has 2 amide bonds. The van der Waals surface area contributed by atoms with Crippen LogP contribution in [0.5, 0.6) is 0 Å². The minimum atomic E-state index is 0.0758. The van der Waals surface area contributed by atoms with Crippen molar-refractivity contribution < 1.29 is 9.59 Å². The number of rotatable bonds is 3. The smallest absolute Gasteiger partial charge is 0.246 e. The van der Waals surface area contributed by atoms with Gasteiger partial charge in [-0.3, -0.25) is 9.59 Å². The van der Waals surface area contributed by atoms with Crippen molar-refractivity contribution in [3.8, 4) is 0 Å². The van der Waals surface area contributed by atoms with Gasteiger partial charge in [-0.25, -0.2) is 0 Å². The van der Waals surface area contributed by atoms with E-state index in [1.165, 1.54) is 25.7 Å². The number of hydrogen-bond donors (Lipinski definition) is 1. The van der Waals surface area contributed by atoms with Gasteiger partial charge in [-0.2, -0.15) is 0 Å². The van der Waals surface area contributed by atoms with Crippen molar-refractivity contribution in [2.45, 2.75) is 64.8 Å². The van der Waals surface area contributed by atoms with Crippen LogP contribution in [0.1, 0.15) is 58.8 Å². The molecule has 1 aliphatic heterocycles. The molecule has 5 heteroatoms. The zero-order valence-corrected chi connectivity index (χ0v) is 20.2. The minimum Gasteiger partial charge on any atom is -0.338 e. The number of likely N-dealkylation sites (N-methyl/N-ethyl adjacent to an activating group) is 1. The molecule has 1 aromatic carbocycles. The Labute approximate surface area is 196 Å². The Morgan fingerprint density at radius 1 is 1.12 bits per heavy atom. The monoisotopic (exact) mass is 454 g/mol. The van der Waals surface area contributed by atoms with Crippen molar-refractivity contribution in [2.75, 3.05) is 12.4 Å². The van der Waals surface area contributed by atoms with Gasteiger partial charge in [-0.05, 0) is 85.8 Å². The lowest BCUT2D eigenvalue weighted by molar-refractivity contribution is -0.139. The van der Waals surface area contributed by atoms with Crippen LogP contribution in [0.25, 0.3) is 0 Å². The third-order valence-electron chi connectivity index (χ3n) is 9.90. The maximum absolute atomic E-state index is 12.9. The molecule has 1 N–H and O–H groups in total. The Bertz CT molecular complexity index is 961. The van der Waals surface area contributed by atoms with E-state index in [-0.39, 0.29) is 22.6 Å². The average molecular weight is 455 g/mol. The maximum Gasteiger partial charge on any atom is 0.246 e. The van der Waals surface area contributed by atoms with Crippen molar-refractivity contribution in [3.63, 3.8) is 0 Å². The molecule has 1 heterocycles. The highest BCUT2D eigenvalue weighted by molar-refractivity contribution is 6.33. The molecular weight excluding hydrogens is 420 g/mol. The summed E-state index contributed by atoms with van der Waals surface area (Å²) in [4.78, 5) is 27.2. The van der Waals surface area contributed by atoms with E-state index in [1.807, 2.05) is 42.3 Å². The standard InChI is InChI=1S/C27H35ClN2O2/c1-26-14-12-20-18(9-11-23-27(20,2)15-13-25(32)30(23)3)19(26)10-8-17(26)16-24(31)29-22-7-5-4-6-21(22)28/h4-7,13,15,17-20,23H,8-12,14,16H2,1-3H3,(H,29,31)/t17-,18+,19+,20+,23-,26-,27-/m1/s1. The van der Waals surface area contributed by atoms with E-state index in [4.69, 9.17) is 11.6 Å². The van der Waals surface area contributed by atoms with E-state index in [2.05, 4.69) is 25.2 Å². The highest BCUT2D eigenvalue weighted by Gasteiger charge is 2.60. The molecule has 1 aromatic rings. The summed E-state index contributed by atoms with van der Waals surface area (Å²) in [5.74, 6) is 2.65. The Kier molecular flexibility index (Phi) is 5.43. The molecule has 4 aliphatic rings. The van der Waals surface area contributed by atoms with E-state index < -0.39 is 0 Å². The first-order valence-electron chi connectivity index (χ1n) is 12.2. The van der Waals surface area contributed by atoms with Crippen LogP contribution in [0.15, 0.2) is 36.4 Å². The number of carbonyl (C=O) groups excluding carboxylic acids is 2. The second-order valence-corrected chi connectivity index (χ2v) is 11.6. The molecule has 4 nitrogen and oxygen atoms in total. The fourth-order valence-electron chi connectivity index (χ4n) is 8.17. The van der Waals surface area contributed by atoms with Gasteiger partial charge in [0.15, 0.2) is 0 Å². The Morgan fingerprint density at radius 3 is 2.69 bits per heavy atom. The molecule has 172 valence electrons. The summed E-state index contributed by atoms with van der Waals surface area (Å²) in [5, 5.41) is 3.63. The van der Waals surface area contributed by atoms with Gasteiger partial charge in [0.1, 0.15) is 0 Å². The number of amides is 2. The third-order valence-corrected chi connectivity index (χ3v) is 10.2. The number of fused-ring (bicyclic) bond motifs is 5. The summed E-state index contributed by atoms with van der Waals surface area (Å²) in [7, 11) is 1.98. The number of benzene rings is 1. The van der Waals surface area contributed by atoms with Gasteiger partial charge in [0.05, 0.1) is 10.7 Å². The number of halogens is 1. The normalized spacial score (nSPS) is 40.4. The summed E-state index contributed by atoms with van der Waals surface area (Å²) in [6.07, 6.45) is 11.6. The molecule has 0 spiro atoms. The molecule has 7 atom stereocenters. The molecule has 0 saturated heterocycles. The van der Waals surface area contributed by atoms with Gasteiger partial charge >= 0.3 is 0 Å². The predicted octanol–water partition coefficient (Wildman–Crippen LogP) is 5.92. The molecule has 32 heavy (non-hydrogen) atoms. The van der Waals surface area contributed by atoms with Crippen LogP contribution < -0.4 is 5.32 Å². The summed E-state index contributed by atoms with van der Waals surface area (Å²) in [6, 6.07) is 7.78. The van der Waals surface area contributed by atoms with Crippen LogP contribution in [0.2, 0.25) is 5.02 Å². The van der Waals surface area contributed by atoms with Crippen molar-refractivity contribution in [2.24, 2.45) is 34.5 Å². The van der Waals surface area contributed by atoms with Crippen LogP contribution >= 0.6 is 11.6 Å². The molecule has 3 saturated carbocycles. The second kappa shape index (κ2) is 7.90. The van der Waals surface area contributed by atoms with E-state index in [0.29, 0.717) is 46.8 Å². The number of para-hydroxylation sites is 1. The number of anilines is 1. The van der Waals surface area contributed by atoms with E-state index in [9.17, 15) is 9.59 Å². The largest absolute Gasteiger partial charge is 0.338 e. The predicted molar refractivity (Wildman–Crippen MR) is 128 cm³/mol. The van der Waals surface area contributed by atoms with Crippen LogP contribution in [-0.2, 0) is 9.59 Å². The highest BCUT2D eigenvalue weighted by atomic mass is 35.5. The lowest BCUT2D eigenvalue weighted by Gasteiger charge is -2.60. The van der Waals surface area contributed by atoms with Crippen molar-refractivity contribution in [1.29, 1.82) is 0 Å². The third kappa shape index (κ3) is 3.32. The maximum atomic E-state index is 12.9. The lowest BCUT2D eigenvalue weighted by Crippen LogP contribution is -2.59. The number of carbonyl (C=O) groups is 2.